The van der Waals surface area contributed by atoms with Crippen LogP contribution in [-0.2, 0) is 0 Å². The van der Waals surface area contributed by atoms with Gasteiger partial charge in [0, 0.05) is 16.8 Å². The number of rotatable bonds is 2. The minimum atomic E-state index is 0.992. The largest absolute Gasteiger partial charge is 0.330 e. The Morgan fingerprint density at radius 1 is 1.30 bits per heavy atom. The predicted molar refractivity (Wildman–Crippen MR) is 50.8 cm³/mol. The zero-order valence-electron chi connectivity index (χ0n) is 5.66. The van der Waals surface area contributed by atoms with E-state index in [0.29, 0.717) is 0 Å². The van der Waals surface area contributed by atoms with Gasteiger partial charge in [0.1, 0.15) is 0 Å². The van der Waals surface area contributed by atoms with Crippen LogP contribution in [0, 0.1) is 0 Å². The van der Waals surface area contributed by atoms with Crippen LogP contribution in [0.15, 0.2) is 29.2 Å². The van der Waals surface area contributed by atoms with Gasteiger partial charge in [-0.2, -0.15) is 0 Å². The van der Waals surface area contributed by atoms with Crippen molar-refractivity contribution in [1.82, 2.24) is 0 Å². The molecule has 1 N–H and O–H groups in total. The number of hydrogen-bond donors (Lipinski definition) is 2. The molecule has 0 spiro atoms. The monoisotopic (exact) mass is 171 g/mol. The van der Waals surface area contributed by atoms with E-state index in [2.05, 4.69) is 17.4 Å². The summed E-state index contributed by atoms with van der Waals surface area (Å²) in [5.41, 5.74) is 1.12. The molecule has 0 atom stereocenters. The summed E-state index contributed by atoms with van der Waals surface area (Å²) in [7, 11) is 0. The minimum absolute atomic E-state index is 0.992. The van der Waals surface area contributed by atoms with Crippen molar-refractivity contribution in [3.05, 3.63) is 24.3 Å². The Morgan fingerprint density at radius 2 is 1.90 bits per heavy atom. The summed E-state index contributed by atoms with van der Waals surface area (Å²) in [4.78, 5) is 0.992. The molecule has 0 heterocycles. The Balaban J connectivity index is 2.69. The third kappa shape index (κ3) is 2.15. The molecule has 1 nitrogen and oxygen atoms in total. The molecule has 1 rings (SSSR count). The quantitative estimate of drug-likeness (QED) is 0.524. The number of hydrogen-bond acceptors (Lipinski definition) is 3. The SMILES string of the molecule is CSNc1ccc(S)cc1. The fourth-order valence-corrected chi connectivity index (χ4v) is 1.17. The molecule has 0 radical (unpaired) electrons. The van der Waals surface area contributed by atoms with Gasteiger partial charge in [-0.3, -0.25) is 0 Å². The van der Waals surface area contributed by atoms with Gasteiger partial charge < -0.3 is 4.72 Å². The van der Waals surface area contributed by atoms with Crippen molar-refractivity contribution in [3.63, 3.8) is 0 Å². The second kappa shape index (κ2) is 3.78. The van der Waals surface area contributed by atoms with E-state index >= 15 is 0 Å². The van der Waals surface area contributed by atoms with Gasteiger partial charge in [-0.25, -0.2) is 0 Å². The van der Waals surface area contributed by atoms with Gasteiger partial charge in [0.05, 0.1) is 0 Å². The van der Waals surface area contributed by atoms with Gasteiger partial charge in [0.2, 0.25) is 0 Å². The zero-order valence-corrected chi connectivity index (χ0v) is 7.38. The maximum atomic E-state index is 4.17. The predicted octanol–water partition coefficient (Wildman–Crippen LogP) is 2.67. The van der Waals surface area contributed by atoms with Crippen LogP contribution in [0.2, 0.25) is 0 Å². The van der Waals surface area contributed by atoms with Crippen molar-refractivity contribution in [3.8, 4) is 0 Å². The van der Waals surface area contributed by atoms with Crippen LogP contribution in [0.25, 0.3) is 0 Å². The van der Waals surface area contributed by atoms with Crippen molar-refractivity contribution in [2.45, 2.75) is 4.90 Å². The lowest BCUT2D eigenvalue weighted by Gasteiger charge is -2.00. The summed E-state index contributed by atoms with van der Waals surface area (Å²) in [6.45, 7) is 0. The van der Waals surface area contributed by atoms with Gasteiger partial charge in [-0.15, -0.1) is 12.6 Å². The van der Waals surface area contributed by atoms with Crippen LogP contribution in [0.5, 0.6) is 0 Å². The molecule has 54 valence electrons. The maximum absolute atomic E-state index is 4.17. The molecule has 0 aliphatic heterocycles. The minimum Gasteiger partial charge on any atom is -0.330 e. The lowest BCUT2D eigenvalue weighted by Crippen LogP contribution is -1.82. The van der Waals surface area contributed by atoms with Crippen molar-refractivity contribution < 1.29 is 0 Å². The standard InChI is InChI=1S/C7H9NS2/c1-10-8-6-2-4-7(9)5-3-6/h2-5,8-9H,1H3. The van der Waals surface area contributed by atoms with E-state index in [4.69, 9.17) is 0 Å². The summed E-state index contributed by atoms with van der Waals surface area (Å²) in [6.07, 6.45) is 1.99. The first-order valence-electron chi connectivity index (χ1n) is 2.91. The fraction of sp³-hybridized carbons (Fsp3) is 0.143. The highest BCUT2D eigenvalue weighted by Gasteiger charge is 1.87. The zero-order chi connectivity index (χ0) is 7.40. The molecule has 1 aromatic rings. The van der Waals surface area contributed by atoms with Crippen molar-refractivity contribution >= 4 is 30.3 Å². The van der Waals surface area contributed by atoms with E-state index in [0.717, 1.165) is 10.6 Å². The van der Waals surface area contributed by atoms with Crippen LogP contribution < -0.4 is 4.72 Å². The van der Waals surface area contributed by atoms with Crippen molar-refractivity contribution in [1.29, 1.82) is 0 Å². The fourth-order valence-electron chi connectivity index (χ4n) is 0.647. The molecule has 0 saturated heterocycles. The van der Waals surface area contributed by atoms with E-state index < -0.39 is 0 Å². The average Bonchev–Trinajstić information content (AvgIpc) is 1.95. The Hall–Kier alpha value is -0.280. The van der Waals surface area contributed by atoms with Crippen LogP contribution in [0.4, 0.5) is 5.69 Å². The first-order chi connectivity index (χ1) is 4.83. The summed E-state index contributed by atoms with van der Waals surface area (Å²) in [5, 5.41) is 0. The van der Waals surface area contributed by atoms with Crippen molar-refractivity contribution in [2.24, 2.45) is 0 Å². The third-order valence-corrected chi connectivity index (χ3v) is 1.83. The maximum Gasteiger partial charge on any atom is 0.0440 e. The molecule has 0 aliphatic rings. The van der Waals surface area contributed by atoms with Gasteiger partial charge in [-0.1, -0.05) is 11.9 Å². The smallest absolute Gasteiger partial charge is 0.0440 e. The molecule has 0 aliphatic carbocycles. The molecule has 0 bridgehead atoms. The average molecular weight is 171 g/mol. The van der Waals surface area contributed by atoms with E-state index in [-0.39, 0.29) is 0 Å². The Labute approximate surface area is 70.8 Å². The number of anilines is 1. The van der Waals surface area contributed by atoms with Crippen molar-refractivity contribution in [2.75, 3.05) is 11.0 Å². The molecule has 0 fully saturated rings. The summed E-state index contributed by atoms with van der Waals surface area (Å²) in [6, 6.07) is 7.92. The highest BCUT2D eigenvalue weighted by Crippen LogP contribution is 2.13. The van der Waals surface area contributed by atoms with Crippen LogP contribution >= 0.6 is 24.6 Å². The molecule has 3 heteroatoms. The van der Waals surface area contributed by atoms with Gasteiger partial charge >= 0.3 is 0 Å². The summed E-state index contributed by atoms with van der Waals surface area (Å²) in [5.74, 6) is 0. The summed E-state index contributed by atoms with van der Waals surface area (Å²) >= 11 is 5.75. The van der Waals surface area contributed by atoms with E-state index in [9.17, 15) is 0 Å². The normalized spacial score (nSPS) is 9.40. The number of nitrogens with one attached hydrogen (secondary N) is 1. The molecule has 10 heavy (non-hydrogen) atoms. The van der Waals surface area contributed by atoms with E-state index in [1.165, 1.54) is 0 Å². The van der Waals surface area contributed by atoms with Gasteiger partial charge in [-0.05, 0) is 24.3 Å². The first kappa shape index (κ1) is 7.82. The Morgan fingerprint density at radius 3 is 2.40 bits per heavy atom. The highest BCUT2D eigenvalue weighted by molar-refractivity contribution is 7.99. The third-order valence-electron chi connectivity index (χ3n) is 1.09. The lowest BCUT2D eigenvalue weighted by atomic mass is 10.3. The van der Waals surface area contributed by atoms with E-state index in [1.807, 2.05) is 30.5 Å². The number of benzene rings is 1. The van der Waals surface area contributed by atoms with Crippen LogP contribution in [0.3, 0.4) is 0 Å². The van der Waals surface area contributed by atoms with Crippen LogP contribution in [0.1, 0.15) is 0 Å². The molecular weight excluding hydrogens is 162 g/mol. The molecule has 1 aromatic carbocycles. The van der Waals surface area contributed by atoms with E-state index in [1.54, 1.807) is 11.9 Å². The van der Waals surface area contributed by atoms with Gasteiger partial charge in [0.25, 0.3) is 0 Å². The number of thiol groups is 1. The second-order valence-electron chi connectivity index (χ2n) is 1.85. The molecule has 0 saturated carbocycles. The second-order valence-corrected chi connectivity index (χ2v) is 2.98. The molecule has 0 amide bonds. The topological polar surface area (TPSA) is 12.0 Å². The first-order valence-corrected chi connectivity index (χ1v) is 4.58. The highest BCUT2D eigenvalue weighted by atomic mass is 32.2. The molecule has 0 unspecified atom stereocenters. The van der Waals surface area contributed by atoms with Gasteiger partial charge in [0.15, 0.2) is 0 Å². The Kier molecular flexibility index (Phi) is 2.96. The molecular formula is C7H9NS2. The lowest BCUT2D eigenvalue weighted by molar-refractivity contribution is 1.48. The molecule has 0 aromatic heterocycles. The Bertz CT molecular complexity index is 195. The summed E-state index contributed by atoms with van der Waals surface area (Å²) < 4.78 is 3.12. The van der Waals surface area contributed by atoms with Crippen LogP contribution in [-0.4, -0.2) is 6.26 Å².